The number of benzene rings is 1. The van der Waals surface area contributed by atoms with Gasteiger partial charge in [-0.1, -0.05) is 17.2 Å². The summed E-state index contributed by atoms with van der Waals surface area (Å²) >= 11 is 0. The number of nitrogens with zero attached hydrogens (tertiary/aromatic N) is 5. The van der Waals surface area contributed by atoms with E-state index >= 15 is 0 Å². The normalized spacial score (nSPS) is 11.5. The maximum atomic E-state index is 12.9. The van der Waals surface area contributed by atoms with Crippen molar-refractivity contribution in [3.8, 4) is 0 Å². The monoisotopic (exact) mass is 399 g/mol. The lowest BCUT2D eigenvalue weighted by Crippen LogP contribution is -2.44. The Kier molecular flexibility index (Phi) is 6.34. The molecule has 2 amide bonds. The quantitative estimate of drug-likeness (QED) is 0.371. The first-order valence-electron chi connectivity index (χ1n) is 9.06. The summed E-state index contributed by atoms with van der Waals surface area (Å²) in [6, 6.07) is 7.06. The van der Waals surface area contributed by atoms with E-state index in [0.717, 1.165) is 10.3 Å². The highest BCUT2D eigenvalue weighted by Crippen LogP contribution is 2.28. The summed E-state index contributed by atoms with van der Waals surface area (Å²) in [5, 5.41) is 4.82. The first kappa shape index (κ1) is 22.0. The second-order valence-electron chi connectivity index (χ2n) is 8.38. The Balaban J connectivity index is 2.62. The summed E-state index contributed by atoms with van der Waals surface area (Å²) in [7, 11) is 0. The Morgan fingerprint density at radius 3 is 2.17 bits per heavy atom. The average Bonchev–Trinajstić information content (AvgIpc) is 2.57. The molecule has 29 heavy (non-hydrogen) atoms. The molecule has 2 rings (SSSR count). The topological polar surface area (TPSA) is 117 Å². The van der Waals surface area contributed by atoms with Gasteiger partial charge in [0.2, 0.25) is 0 Å². The smallest absolute Gasteiger partial charge is 0.425 e. The standard InChI is InChI=1S/C20H25N5O4/c1-19(2,3)28-17(26)25(18(27)29-20(4,5)6)16-15-11-13(12-23-24-21)7-8-14(15)9-10-22-16/h7-11H,12H2,1-6H3. The number of ether oxygens (including phenoxy) is 2. The molecule has 0 aliphatic rings. The number of amides is 2. The lowest BCUT2D eigenvalue weighted by molar-refractivity contribution is 0.0429. The average molecular weight is 399 g/mol. The Hall–Kier alpha value is -3.32. The number of fused-ring (bicyclic) bond motifs is 1. The SMILES string of the molecule is CC(C)(C)OC(=O)N(C(=O)OC(C)(C)C)c1nccc2ccc(CN=[N+]=[N-])cc12. The number of carbonyl (C=O) groups is 2. The van der Waals surface area contributed by atoms with Crippen LogP contribution in [-0.2, 0) is 16.0 Å². The highest BCUT2D eigenvalue weighted by Gasteiger charge is 2.34. The summed E-state index contributed by atoms with van der Waals surface area (Å²) in [6.07, 6.45) is -0.300. The Bertz CT molecular complexity index is 941. The third kappa shape index (κ3) is 6.08. The maximum Gasteiger partial charge on any atom is 0.425 e. The molecule has 1 heterocycles. The van der Waals surface area contributed by atoms with Crippen LogP contribution in [0.15, 0.2) is 35.6 Å². The van der Waals surface area contributed by atoms with Crippen LogP contribution in [0.4, 0.5) is 15.4 Å². The molecule has 9 nitrogen and oxygen atoms in total. The van der Waals surface area contributed by atoms with Crippen molar-refractivity contribution in [3.63, 3.8) is 0 Å². The molecule has 154 valence electrons. The predicted octanol–water partition coefficient (Wildman–Crippen LogP) is 5.72. The van der Waals surface area contributed by atoms with Gasteiger partial charge >= 0.3 is 12.2 Å². The maximum absolute atomic E-state index is 12.9. The summed E-state index contributed by atoms with van der Waals surface area (Å²) in [6.45, 7) is 10.3. The fraction of sp³-hybridized carbons (Fsp3) is 0.450. The van der Waals surface area contributed by atoms with E-state index in [2.05, 4.69) is 15.0 Å². The van der Waals surface area contributed by atoms with Gasteiger partial charge in [0.05, 0.1) is 6.54 Å². The first-order chi connectivity index (χ1) is 13.4. The van der Waals surface area contributed by atoms with Crippen LogP contribution >= 0.6 is 0 Å². The molecule has 0 N–H and O–H groups in total. The van der Waals surface area contributed by atoms with Crippen molar-refractivity contribution in [2.45, 2.75) is 59.3 Å². The van der Waals surface area contributed by atoms with Crippen molar-refractivity contribution < 1.29 is 19.1 Å². The lowest BCUT2D eigenvalue weighted by atomic mass is 10.1. The van der Waals surface area contributed by atoms with Crippen LogP contribution in [0.2, 0.25) is 0 Å². The van der Waals surface area contributed by atoms with Gasteiger partial charge in [-0.25, -0.2) is 14.6 Å². The molecule has 1 aromatic carbocycles. The van der Waals surface area contributed by atoms with E-state index in [1.807, 2.05) is 0 Å². The molecule has 0 saturated heterocycles. The molecule has 9 heteroatoms. The van der Waals surface area contributed by atoms with Crippen LogP contribution in [0.3, 0.4) is 0 Å². The second kappa shape index (κ2) is 8.36. The van der Waals surface area contributed by atoms with Crippen LogP contribution in [0.25, 0.3) is 21.2 Å². The number of aromatic nitrogens is 1. The zero-order valence-corrected chi connectivity index (χ0v) is 17.5. The number of pyridine rings is 1. The molecule has 0 radical (unpaired) electrons. The van der Waals surface area contributed by atoms with Gasteiger partial charge in [0.15, 0.2) is 5.82 Å². The molecule has 2 aromatic rings. The summed E-state index contributed by atoms with van der Waals surface area (Å²) < 4.78 is 10.8. The number of hydrogen-bond acceptors (Lipinski definition) is 6. The minimum Gasteiger partial charge on any atom is -0.443 e. The molecule has 0 bridgehead atoms. The molecule has 0 fully saturated rings. The van der Waals surface area contributed by atoms with E-state index in [1.54, 1.807) is 65.8 Å². The molecule has 0 aliphatic carbocycles. The minimum absolute atomic E-state index is 0.0776. The molecule has 0 unspecified atom stereocenters. The van der Waals surface area contributed by atoms with Gasteiger partial charge in [0.25, 0.3) is 0 Å². The van der Waals surface area contributed by atoms with Crippen LogP contribution in [0.5, 0.6) is 0 Å². The van der Waals surface area contributed by atoms with Crippen LogP contribution in [0, 0.1) is 0 Å². The van der Waals surface area contributed by atoms with Gasteiger partial charge in [0, 0.05) is 16.5 Å². The number of anilines is 1. The van der Waals surface area contributed by atoms with Gasteiger partial charge < -0.3 is 9.47 Å². The van der Waals surface area contributed by atoms with Gasteiger partial charge in [0.1, 0.15) is 11.2 Å². The molecule has 0 saturated carbocycles. The fourth-order valence-corrected chi connectivity index (χ4v) is 2.45. The molecule has 0 spiro atoms. The minimum atomic E-state index is -0.896. The van der Waals surface area contributed by atoms with Gasteiger partial charge in [-0.2, -0.15) is 4.90 Å². The number of hydrogen-bond donors (Lipinski definition) is 0. The largest absolute Gasteiger partial charge is 0.443 e. The second-order valence-corrected chi connectivity index (χ2v) is 8.38. The summed E-state index contributed by atoms with van der Waals surface area (Å²) in [5.41, 5.74) is 7.62. The van der Waals surface area contributed by atoms with E-state index in [4.69, 9.17) is 15.0 Å². The predicted molar refractivity (Wildman–Crippen MR) is 110 cm³/mol. The van der Waals surface area contributed by atoms with Crippen LogP contribution < -0.4 is 4.90 Å². The number of imide groups is 1. The van der Waals surface area contributed by atoms with Crippen LogP contribution in [-0.4, -0.2) is 28.4 Å². The highest BCUT2D eigenvalue weighted by atomic mass is 16.6. The first-order valence-corrected chi connectivity index (χ1v) is 9.06. The lowest BCUT2D eigenvalue weighted by Gasteiger charge is -2.28. The number of rotatable bonds is 3. The fourth-order valence-electron chi connectivity index (χ4n) is 2.45. The molecule has 0 aliphatic heterocycles. The van der Waals surface area contributed by atoms with Crippen LogP contribution in [0.1, 0.15) is 47.1 Å². The van der Waals surface area contributed by atoms with Gasteiger partial charge in [-0.05, 0) is 70.2 Å². The third-order valence-corrected chi connectivity index (χ3v) is 3.49. The number of azide groups is 1. The van der Waals surface area contributed by atoms with E-state index in [1.165, 1.54) is 6.20 Å². The summed E-state index contributed by atoms with van der Waals surface area (Å²) in [4.78, 5) is 33.6. The molecular formula is C20H25N5O4. The van der Waals surface area contributed by atoms with E-state index in [0.29, 0.717) is 10.9 Å². The Labute approximate surface area is 169 Å². The molecular weight excluding hydrogens is 374 g/mol. The van der Waals surface area contributed by atoms with Gasteiger partial charge in [-0.3, -0.25) is 0 Å². The third-order valence-electron chi connectivity index (χ3n) is 3.49. The molecule has 0 atom stereocenters. The summed E-state index contributed by atoms with van der Waals surface area (Å²) in [5.74, 6) is 0.0776. The Morgan fingerprint density at radius 2 is 1.66 bits per heavy atom. The zero-order chi connectivity index (χ0) is 21.8. The number of carbonyl (C=O) groups excluding carboxylic acids is 2. The van der Waals surface area contributed by atoms with E-state index < -0.39 is 23.4 Å². The van der Waals surface area contributed by atoms with Crippen molar-refractivity contribution in [3.05, 3.63) is 46.5 Å². The van der Waals surface area contributed by atoms with Crippen molar-refractivity contribution in [2.24, 2.45) is 5.11 Å². The molecule has 1 aromatic heterocycles. The van der Waals surface area contributed by atoms with Crippen molar-refractivity contribution in [2.75, 3.05) is 4.90 Å². The zero-order valence-electron chi connectivity index (χ0n) is 17.5. The van der Waals surface area contributed by atoms with Crippen molar-refractivity contribution in [1.29, 1.82) is 0 Å². The Morgan fingerprint density at radius 1 is 1.07 bits per heavy atom. The van der Waals surface area contributed by atoms with E-state index in [-0.39, 0.29) is 12.4 Å². The van der Waals surface area contributed by atoms with Gasteiger partial charge in [-0.15, -0.1) is 0 Å². The van der Waals surface area contributed by atoms with Crippen molar-refractivity contribution >= 4 is 28.8 Å². The highest BCUT2D eigenvalue weighted by molar-refractivity contribution is 6.13. The van der Waals surface area contributed by atoms with Crippen molar-refractivity contribution in [1.82, 2.24) is 4.98 Å². The van der Waals surface area contributed by atoms with E-state index in [9.17, 15) is 9.59 Å².